The second kappa shape index (κ2) is 6.90. The largest absolute Gasteiger partial charge is 0.383 e. The molecule has 0 spiro atoms. The molecule has 2 N–H and O–H groups in total. The van der Waals surface area contributed by atoms with Gasteiger partial charge in [-0.1, -0.05) is 0 Å². The highest BCUT2D eigenvalue weighted by atomic mass is 19.1. The number of anilines is 1. The zero-order valence-electron chi connectivity index (χ0n) is 10.3. The second-order valence-electron chi connectivity index (χ2n) is 3.81. The minimum Gasteiger partial charge on any atom is -0.383 e. The van der Waals surface area contributed by atoms with E-state index in [0.29, 0.717) is 13.2 Å². The number of hydrogen-bond acceptors (Lipinski definition) is 3. The number of amides is 1. The van der Waals surface area contributed by atoms with Crippen LogP contribution in [-0.4, -0.2) is 32.2 Å². The topological polar surface area (TPSA) is 50.4 Å². The first kappa shape index (κ1) is 14.4. The quantitative estimate of drug-likeness (QED) is 0.761. The summed E-state index contributed by atoms with van der Waals surface area (Å²) in [5, 5.41) is 5.34. The molecule has 1 rings (SSSR count). The number of ether oxygens (including phenoxy) is 1. The Kier molecular flexibility index (Phi) is 5.51. The van der Waals surface area contributed by atoms with E-state index in [2.05, 4.69) is 10.6 Å². The summed E-state index contributed by atoms with van der Waals surface area (Å²) in [6.07, 6.45) is 0. The molecule has 0 aliphatic carbocycles. The normalized spacial score (nSPS) is 12.0. The average Bonchev–Trinajstić information content (AvgIpc) is 2.27. The fraction of sp³-hybridized carbons (Fsp3) is 0.417. The van der Waals surface area contributed by atoms with Crippen molar-refractivity contribution in [3.63, 3.8) is 0 Å². The first-order valence-electron chi connectivity index (χ1n) is 5.52. The lowest BCUT2D eigenvalue weighted by Crippen LogP contribution is -2.39. The van der Waals surface area contributed by atoms with E-state index in [1.807, 2.05) is 0 Å². The standard InChI is InChI=1S/C12H16F2N2O2/c1-8(12(17)15-3-4-18-2)16-11-6-9(13)5-10(14)7-11/h5-8,16H,3-4H2,1-2H3,(H,15,17). The van der Waals surface area contributed by atoms with Crippen molar-refractivity contribution in [2.75, 3.05) is 25.6 Å². The van der Waals surface area contributed by atoms with Crippen LogP contribution in [-0.2, 0) is 9.53 Å². The van der Waals surface area contributed by atoms with Gasteiger partial charge in [-0.15, -0.1) is 0 Å². The van der Waals surface area contributed by atoms with E-state index in [-0.39, 0.29) is 11.6 Å². The summed E-state index contributed by atoms with van der Waals surface area (Å²) in [6, 6.07) is 2.43. The van der Waals surface area contributed by atoms with Crippen molar-refractivity contribution in [2.45, 2.75) is 13.0 Å². The first-order valence-corrected chi connectivity index (χ1v) is 5.52. The van der Waals surface area contributed by atoms with Crippen molar-refractivity contribution in [1.29, 1.82) is 0 Å². The molecule has 1 aromatic carbocycles. The summed E-state index contributed by atoms with van der Waals surface area (Å²) in [5.74, 6) is -1.65. The highest BCUT2D eigenvalue weighted by Gasteiger charge is 2.12. The maximum absolute atomic E-state index is 12.9. The van der Waals surface area contributed by atoms with Gasteiger partial charge in [-0.2, -0.15) is 0 Å². The number of rotatable bonds is 6. The molecular formula is C12H16F2N2O2. The van der Waals surface area contributed by atoms with Gasteiger partial charge in [0.15, 0.2) is 0 Å². The SMILES string of the molecule is COCCNC(=O)C(C)Nc1cc(F)cc(F)c1. The molecule has 0 fully saturated rings. The van der Waals surface area contributed by atoms with E-state index in [1.54, 1.807) is 6.92 Å². The fourth-order valence-corrected chi connectivity index (χ4v) is 1.38. The summed E-state index contributed by atoms with van der Waals surface area (Å²) in [4.78, 5) is 11.6. The van der Waals surface area contributed by atoms with Crippen molar-refractivity contribution in [2.24, 2.45) is 0 Å². The van der Waals surface area contributed by atoms with E-state index < -0.39 is 17.7 Å². The number of carbonyl (C=O) groups is 1. The van der Waals surface area contributed by atoms with Crippen LogP contribution in [0.2, 0.25) is 0 Å². The number of hydrogen-bond donors (Lipinski definition) is 2. The molecule has 0 aliphatic heterocycles. The third-order valence-electron chi connectivity index (χ3n) is 2.24. The smallest absolute Gasteiger partial charge is 0.242 e. The van der Waals surface area contributed by atoms with Gasteiger partial charge in [0.25, 0.3) is 0 Å². The van der Waals surface area contributed by atoms with Crippen LogP contribution in [0, 0.1) is 11.6 Å². The second-order valence-corrected chi connectivity index (χ2v) is 3.81. The van der Waals surface area contributed by atoms with E-state index in [0.717, 1.165) is 18.2 Å². The summed E-state index contributed by atoms with van der Waals surface area (Å²) < 4.78 is 30.6. The van der Waals surface area contributed by atoms with Crippen LogP contribution >= 0.6 is 0 Å². The van der Waals surface area contributed by atoms with Crippen molar-refractivity contribution < 1.29 is 18.3 Å². The Morgan fingerprint density at radius 1 is 1.33 bits per heavy atom. The van der Waals surface area contributed by atoms with Gasteiger partial charge in [-0.3, -0.25) is 4.79 Å². The summed E-state index contributed by atoms with van der Waals surface area (Å²) in [5.41, 5.74) is 0.224. The van der Waals surface area contributed by atoms with Gasteiger partial charge in [0.2, 0.25) is 5.91 Å². The van der Waals surface area contributed by atoms with Crippen LogP contribution in [0.15, 0.2) is 18.2 Å². The molecule has 0 saturated heterocycles. The Hall–Kier alpha value is -1.69. The van der Waals surface area contributed by atoms with Crippen LogP contribution in [0.5, 0.6) is 0 Å². The predicted octanol–water partition coefficient (Wildman–Crippen LogP) is 1.53. The number of methoxy groups -OCH3 is 1. The maximum Gasteiger partial charge on any atom is 0.242 e. The van der Waals surface area contributed by atoms with E-state index >= 15 is 0 Å². The molecule has 1 atom stereocenters. The first-order chi connectivity index (χ1) is 8.52. The molecule has 18 heavy (non-hydrogen) atoms. The van der Waals surface area contributed by atoms with Crippen molar-refractivity contribution >= 4 is 11.6 Å². The molecule has 1 unspecified atom stereocenters. The summed E-state index contributed by atoms with van der Waals surface area (Å²) in [7, 11) is 1.53. The van der Waals surface area contributed by atoms with Crippen molar-refractivity contribution in [1.82, 2.24) is 5.32 Å². The molecule has 1 aromatic rings. The Morgan fingerprint density at radius 2 is 1.94 bits per heavy atom. The van der Waals surface area contributed by atoms with Crippen LogP contribution in [0.1, 0.15) is 6.92 Å². The molecule has 0 saturated carbocycles. The third-order valence-corrected chi connectivity index (χ3v) is 2.24. The van der Waals surface area contributed by atoms with Gasteiger partial charge in [-0.25, -0.2) is 8.78 Å². The molecule has 0 aromatic heterocycles. The van der Waals surface area contributed by atoms with Gasteiger partial charge in [0, 0.05) is 25.4 Å². The zero-order chi connectivity index (χ0) is 13.5. The van der Waals surface area contributed by atoms with Crippen molar-refractivity contribution in [3.8, 4) is 0 Å². The summed E-state index contributed by atoms with van der Waals surface area (Å²) >= 11 is 0. The van der Waals surface area contributed by atoms with Crippen molar-refractivity contribution in [3.05, 3.63) is 29.8 Å². The molecule has 1 amide bonds. The van der Waals surface area contributed by atoms with Gasteiger partial charge in [-0.05, 0) is 19.1 Å². The van der Waals surface area contributed by atoms with E-state index in [4.69, 9.17) is 4.74 Å². The molecule has 0 radical (unpaired) electrons. The number of carbonyl (C=O) groups excluding carboxylic acids is 1. The minimum atomic E-state index is -0.690. The van der Waals surface area contributed by atoms with Gasteiger partial charge < -0.3 is 15.4 Å². The third kappa shape index (κ3) is 4.67. The molecule has 0 heterocycles. The van der Waals surface area contributed by atoms with E-state index in [1.165, 1.54) is 7.11 Å². The molecular weight excluding hydrogens is 242 g/mol. The minimum absolute atomic E-state index is 0.224. The van der Waals surface area contributed by atoms with Crippen LogP contribution in [0.3, 0.4) is 0 Å². The lowest BCUT2D eigenvalue weighted by Gasteiger charge is -2.15. The Bertz CT molecular complexity index is 393. The van der Waals surface area contributed by atoms with Gasteiger partial charge in [0.05, 0.1) is 6.61 Å². The average molecular weight is 258 g/mol. The van der Waals surface area contributed by atoms with Gasteiger partial charge in [0.1, 0.15) is 17.7 Å². The van der Waals surface area contributed by atoms with Crippen LogP contribution < -0.4 is 10.6 Å². The molecule has 0 aliphatic rings. The molecule has 6 heteroatoms. The van der Waals surface area contributed by atoms with Crippen LogP contribution in [0.4, 0.5) is 14.5 Å². The lowest BCUT2D eigenvalue weighted by molar-refractivity contribution is -0.121. The highest BCUT2D eigenvalue weighted by molar-refractivity contribution is 5.84. The maximum atomic E-state index is 12.9. The monoisotopic (exact) mass is 258 g/mol. The summed E-state index contributed by atoms with van der Waals surface area (Å²) in [6.45, 7) is 2.40. The molecule has 0 bridgehead atoms. The number of halogens is 2. The van der Waals surface area contributed by atoms with Crippen LogP contribution in [0.25, 0.3) is 0 Å². The Balaban J connectivity index is 2.52. The number of nitrogens with one attached hydrogen (secondary N) is 2. The molecule has 4 nitrogen and oxygen atoms in total. The Labute approximate surface area is 104 Å². The zero-order valence-corrected chi connectivity index (χ0v) is 10.3. The highest BCUT2D eigenvalue weighted by Crippen LogP contribution is 2.13. The fourth-order valence-electron chi connectivity index (χ4n) is 1.38. The van der Waals surface area contributed by atoms with Gasteiger partial charge >= 0.3 is 0 Å². The Morgan fingerprint density at radius 3 is 2.50 bits per heavy atom. The van der Waals surface area contributed by atoms with E-state index in [9.17, 15) is 13.6 Å². The predicted molar refractivity (Wildman–Crippen MR) is 64.3 cm³/mol. The lowest BCUT2D eigenvalue weighted by atomic mass is 10.2. The molecule has 100 valence electrons. The number of benzene rings is 1.